The van der Waals surface area contributed by atoms with E-state index in [0.29, 0.717) is 0 Å². The summed E-state index contributed by atoms with van der Waals surface area (Å²) in [7, 11) is 0. The highest BCUT2D eigenvalue weighted by atomic mass is 79.9. The normalized spacial score (nSPS) is 10.7. The van der Waals surface area contributed by atoms with Crippen LogP contribution in [0.15, 0.2) is 36.7 Å². The first kappa shape index (κ1) is 10.6. The molecular formula is C12H14BrNO. The summed E-state index contributed by atoms with van der Waals surface area (Å²) in [6.07, 6.45) is 6.31. The van der Waals surface area contributed by atoms with Gasteiger partial charge in [0.2, 0.25) is 0 Å². The number of fused-ring (bicyclic) bond motifs is 1. The van der Waals surface area contributed by atoms with Gasteiger partial charge < -0.3 is 9.14 Å². The van der Waals surface area contributed by atoms with Crippen LogP contribution in [-0.4, -0.2) is 16.3 Å². The van der Waals surface area contributed by atoms with Gasteiger partial charge in [-0.3, -0.25) is 0 Å². The van der Waals surface area contributed by atoms with E-state index in [2.05, 4.69) is 32.5 Å². The Morgan fingerprint density at radius 2 is 2.13 bits per heavy atom. The third-order valence-corrected chi connectivity index (χ3v) is 2.86. The van der Waals surface area contributed by atoms with Gasteiger partial charge in [-0.25, -0.2) is 0 Å². The number of ether oxygens (including phenoxy) is 1. The summed E-state index contributed by atoms with van der Waals surface area (Å²) in [5, 5.41) is 1.05. The topological polar surface area (TPSA) is 13.6 Å². The van der Waals surface area contributed by atoms with E-state index < -0.39 is 0 Å². The third kappa shape index (κ3) is 2.75. The summed E-state index contributed by atoms with van der Waals surface area (Å²) in [6.45, 7) is 0.794. The van der Waals surface area contributed by atoms with Gasteiger partial charge in [0.15, 0.2) is 0 Å². The Labute approximate surface area is 98.0 Å². The molecule has 0 radical (unpaired) electrons. The quantitative estimate of drug-likeness (QED) is 0.597. The van der Waals surface area contributed by atoms with Crippen molar-refractivity contribution in [2.75, 3.05) is 11.9 Å². The Bertz CT molecular complexity index is 424. The van der Waals surface area contributed by atoms with Crippen LogP contribution in [0.2, 0.25) is 0 Å². The van der Waals surface area contributed by atoms with Gasteiger partial charge >= 0.3 is 0 Å². The van der Waals surface area contributed by atoms with Crippen molar-refractivity contribution in [3.63, 3.8) is 0 Å². The summed E-state index contributed by atoms with van der Waals surface area (Å²) in [5.74, 6) is 0.954. The molecule has 0 atom stereocenters. The molecule has 3 heteroatoms. The molecule has 0 aliphatic rings. The minimum atomic E-state index is 0.794. The summed E-state index contributed by atoms with van der Waals surface area (Å²) in [6, 6.07) is 8.17. The lowest BCUT2D eigenvalue weighted by atomic mass is 10.3. The Hall–Kier alpha value is -0.960. The van der Waals surface area contributed by atoms with Crippen LogP contribution in [-0.2, 0) is 0 Å². The zero-order valence-electron chi connectivity index (χ0n) is 8.53. The average Bonchev–Trinajstić information content (AvgIpc) is 2.71. The molecule has 80 valence electrons. The number of alkyl halides is 1. The molecule has 2 heterocycles. The highest BCUT2D eigenvalue weighted by Gasteiger charge is 1.96. The molecule has 0 amide bonds. The molecule has 2 nitrogen and oxygen atoms in total. The highest BCUT2D eigenvalue weighted by molar-refractivity contribution is 9.09. The highest BCUT2D eigenvalue weighted by Crippen LogP contribution is 2.15. The van der Waals surface area contributed by atoms with Crippen LogP contribution in [0.3, 0.4) is 0 Å². The molecule has 0 fully saturated rings. The van der Waals surface area contributed by atoms with Gasteiger partial charge in [-0.15, -0.1) is 0 Å². The summed E-state index contributed by atoms with van der Waals surface area (Å²) in [4.78, 5) is 0. The van der Waals surface area contributed by atoms with Gasteiger partial charge in [0, 0.05) is 29.3 Å². The van der Waals surface area contributed by atoms with Crippen LogP contribution in [0.25, 0.3) is 5.52 Å². The van der Waals surface area contributed by atoms with Crippen molar-refractivity contribution in [2.24, 2.45) is 0 Å². The number of halogens is 1. The molecule has 0 aliphatic carbocycles. The molecule has 0 unspecified atom stereocenters. The summed E-state index contributed by atoms with van der Waals surface area (Å²) < 4.78 is 7.73. The van der Waals surface area contributed by atoms with Crippen LogP contribution < -0.4 is 4.74 Å². The molecule has 0 bridgehead atoms. The van der Waals surface area contributed by atoms with Crippen molar-refractivity contribution < 1.29 is 4.74 Å². The van der Waals surface area contributed by atoms with Crippen molar-refractivity contribution in [2.45, 2.75) is 12.8 Å². The predicted molar refractivity (Wildman–Crippen MR) is 65.9 cm³/mol. The number of rotatable bonds is 5. The molecule has 0 aliphatic heterocycles. The smallest absolute Gasteiger partial charge is 0.122 e. The SMILES string of the molecule is BrCCCCOc1ccn2cccc2c1. The monoisotopic (exact) mass is 267 g/mol. The fourth-order valence-electron chi connectivity index (χ4n) is 1.49. The average molecular weight is 268 g/mol. The molecular weight excluding hydrogens is 254 g/mol. The zero-order valence-corrected chi connectivity index (χ0v) is 10.1. The van der Waals surface area contributed by atoms with E-state index in [1.165, 1.54) is 5.52 Å². The number of hydrogen-bond acceptors (Lipinski definition) is 1. The van der Waals surface area contributed by atoms with Gasteiger partial charge in [0.05, 0.1) is 6.61 Å². The molecule has 0 aromatic carbocycles. The van der Waals surface area contributed by atoms with Crippen LogP contribution in [0.1, 0.15) is 12.8 Å². The van der Waals surface area contributed by atoms with E-state index in [1.807, 2.05) is 24.5 Å². The molecule has 15 heavy (non-hydrogen) atoms. The van der Waals surface area contributed by atoms with Crippen LogP contribution in [0.4, 0.5) is 0 Å². The number of aromatic nitrogens is 1. The van der Waals surface area contributed by atoms with Crippen LogP contribution >= 0.6 is 15.9 Å². The second kappa shape index (κ2) is 5.21. The largest absolute Gasteiger partial charge is 0.493 e. The summed E-state index contributed by atoms with van der Waals surface area (Å²) in [5.41, 5.74) is 1.17. The fourth-order valence-corrected chi connectivity index (χ4v) is 1.89. The first-order chi connectivity index (χ1) is 7.40. The maximum absolute atomic E-state index is 5.65. The molecule has 0 spiro atoms. The van der Waals surface area contributed by atoms with Gasteiger partial charge in [-0.2, -0.15) is 0 Å². The van der Waals surface area contributed by atoms with E-state index in [-0.39, 0.29) is 0 Å². The van der Waals surface area contributed by atoms with Crippen molar-refractivity contribution >= 4 is 21.4 Å². The van der Waals surface area contributed by atoms with Gasteiger partial charge in [0.1, 0.15) is 5.75 Å². The van der Waals surface area contributed by atoms with Crippen molar-refractivity contribution in [3.05, 3.63) is 36.7 Å². The van der Waals surface area contributed by atoms with Crippen molar-refractivity contribution in [3.8, 4) is 5.75 Å². The van der Waals surface area contributed by atoms with E-state index in [0.717, 1.165) is 30.5 Å². The Morgan fingerprint density at radius 1 is 1.20 bits per heavy atom. The predicted octanol–water partition coefficient (Wildman–Crippen LogP) is 3.49. The number of nitrogens with zero attached hydrogens (tertiary/aromatic N) is 1. The second-order valence-corrected chi connectivity index (χ2v) is 4.24. The van der Waals surface area contributed by atoms with E-state index >= 15 is 0 Å². The molecule has 2 aromatic rings. The van der Waals surface area contributed by atoms with Crippen LogP contribution in [0.5, 0.6) is 5.75 Å². The van der Waals surface area contributed by atoms with E-state index in [1.54, 1.807) is 0 Å². The number of unbranched alkanes of at least 4 members (excludes halogenated alkanes) is 1. The lowest BCUT2D eigenvalue weighted by Gasteiger charge is -2.05. The van der Waals surface area contributed by atoms with E-state index in [9.17, 15) is 0 Å². The molecule has 2 aromatic heterocycles. The molecule has 2 rings (SSSR count). The van der Waals surface area contributed by atoms with E-state index in [4.69, 9.17) is 4.74 Å². The molecule has 0 saturated heterocycles. The molecule has 0 saturated carbocycles. The maximum atomic E-state index is 5.65. The minimum absolute atomic E-state index is 0.794. The zero-order chi connectivity index (χ0) is 10.5. The summed E-state index contributed by atoms with van der Waals surface area (Å²) >= 11 is 3.40. The maximum Gasteiger partial charge on any atom is 0.122 e. The Balaban J connectivity index is 1.96. The second-order valence-electron chi connectivity index (χ2n) is 3.45. The van der Waals surface area contributed by atoms with Crippen molar-refractivity contribution in [1.82, 2.24) is 4.40 Å². The molecule has 0 N–H and O–H groups in total. The fraction of sp³-hybridized carbons (Fsp3) is 0.333. The van der Waals surface area contributed by atoms with Crippen molar-refractivity contribution in [1.29, 1.82) is 0 Å². The standard InChI is InChI=1S/C12H14BrNO/c13-6-1-2-9-15-12-5-8-14-7-3-4-11(14)10-12/h3-5,7-8,10H,1-2,6,9H2. The van der Waals surface area contributed by atoms with Gasteiger partial charge in [-0.1, -0.05) is 15.9 Å². The minimum Gasteiger partial charge on any atom is -0.493 e. The van der Waals surface area contributed by atoms with Gasteiger partial charge in [0.25, 0.3) is 0 Å². The van der Waals surface area contributed by atoms with Gasteiger partial charge in [-0.05, 0) is 31.0 Å². The number of hydrogen-bond donors (Lipinski definition) is 0. The lowest BCUT2D eigenvalue weighted by Crippen LogP contribution is -1.97. The number of pyridine rings is 1. The Morgan fingerprint density at radius 3 is 3.00 bits per heavy atom. The van der Waals surface area contributed by atoms with Crippen LogP contribution in [0, 0.1) is 0 Å². The lowest BCUT2D eigenvalue weighted by molar-refractivity contribution is 0.310. The first-order valence-electron chi connectivity index (χ1n) is 5.15. The Kier molecular flexibility index (Phi) is 3.67. The third-order valence-electron chi connectivity index (χ3n) is 2.30. The first-order valence-corrected chi connectivity index (χ1v) is 6.28.